The van der Waals surface area contributed by atoms with Crippen molar-refractivity contribution in [1.29, 1.82) is 0 Å². The smallest absolute Gasteiger partial charge is 0.308 e. The Balaban J connectivity index is 2.42. The maximum absolute atomic E-state index is 11.7. The predicted molar refractivity (Wildman–Crippen MR) is 97.9 cm³/mol. The second-order valence-electron chi connectivity index (χ2n) is 4.21. The van der Waals surface area contributed by atoms with Gasteiger partial charge in [0.25, 0.3) is 5.91 Å². The fraction of sp³-hybridized carbons (Fsp3) is 0.214. The van der Waals surface area contributed by atoms with E-state index in [-0.39, 0.29) is 5.91 Å². The maximum atomic E-state index is 11.7. The van der Waals surface area contributed by atoms with Crippen LogP contribution in [0, 0.1) is 3.57 Å². The van der Waals surface area contributed by atoms with Gasteiger partial charge in [-0.1, -0.05) is 24.0 Å². The Hall–Kier alpha value is -1.13. The lowest BCUT2D eigenvalue weighted by molar-refractivity contribution is -0.132. The summed E-state index contributed by atoms with van der Waals surface area (Å²) in [4.78, 5) is 23.4. The molecule has 0 bridgehead atoms. The van der Waals surface area contributed by atoms with Crippen LogP contribution in [-0.2, 0) is 9.59 Å². The van der Waals surface area contributed by atoms with Crippen LogP contribution >= 0.6 is 46.6 Å². The van der Waals surface area contributed by atoms with Crippen LogP contribution in [0.1, 0.15) is 19.4 Å². The predicted octanol–water partition coefficient (Wildman–Crippen LogP) is 3.10. The van der Waals surface area contributed by atoms with E-state index >= 15 is 0 Å². The van der Waals surface area contributed by atoms with Gasteiger partial charge in [0.1, 0.15) is 4.32 Å². The molecule has 116 valence electrons. The van der Waals surface area contributed by atoms with Crippen molar-refractivity contribution < 1.29 is 19.1 Å². The summed E-state index contributed by atoms with van der Waals surface area (Å²) < 4.78 is 11.9. The zero-order valence-electron chi connectivity index (χ0n) is 11.8. The van der Waals surface area contributed by atoms with E-state index in [0.29, 0.717) is 27.3 Å². The van der Waals surface area contributed by atoms with E-state index in [1.54, 1.807) is 12.1 Å². The number of carbonyl (C=O) groups is 2. The molecular weight excluding hydrogens is 437 g/mol. The largest absolute Gasteiger partial charge is 0.490 e. The van der Waals surface area contributed by atoms with Crippen LogP contribution in [0.25, 0.3) is 6.08 Å². The summed E-state index contributed by atoms with van der Waals surface area (Å²) in [7, 11) is 0. The molecule has 0 saturated carbocycles. The Morgan fingerprint density at radius 1 is 1.50 bits per heavy atom. The van der Waals surface area contributed by atoms with Gasteiger partial charge in [0.05, 0.1) is 15.1 Å². The molecule has 0 radical (unpaired) electrons. The Kier molecular flexibility index (Phi) is 5.81. The minimum atomic E-state index is -0.416. The molecule has 5 nitrogen and oxygen atoms in total. The minimum Gasteiger partial charge on any atom is -0.490 e. The average Bonchev–Trinajstić information content (AvgIpc) is 2.72. The molecule has 0 unspecified atom stereocenters. The lowest BCUT2D eigenvalue weighted by Crippen LogP contribution is -2.17. The molecule has 1 heterocycles. The Bertz CT molecular complexity index is 688. The standard InChI is InChI=1S/C14H12INO4S2/c1-3-19-10-5-8(4-9(15)12(10)20-7(2)17)6-11-13(18)16-14(21)22-11/h4-6H,3H2,1-2H3,(H,16,18,21). The van der Waals surface area contributed by atoms with Gasteiger partial charge >= 0.3 is 5.97 Å². The zero-order chi connectivity index (χ0) is 16.3. The number of benzene rings is 1. The first-order valence-corrected chi connectivity index (χ1v) is 8.60. The number of amides is 1. The molecule has 1 fully saturated rings. The van der Waals surface area contributed by atoms with Crippen LogP contribution in [-0.4, -0.2) is 22.8 Å². The highest BCUT2D eigenvalue weighted by Crippen LogP contribution is 2.36. The lowest BCUT2D eigenvalue weighted by atomic mass is 10.2. The van der Waals surface area contributed by atoms with Crippen LogP contribution in [0.3, 0.4) is 0 Å². The van der Waals surface area contributed by atoms with Crippen molar-refractivity contribution in [2.45, 2.75) is 13.8 Å². The van der Waals surface area contributed by atoms with Crippen molar-refractivity contribution in [3.8, 4) is 11.5 Å². The second-order valence-corrected chi connectivity index (χ2v) is 7.09. The summed E-state index contributed by atoms with van der Waals surface area (Å²) in [6.07, 6.45) is 1.72. The van der Waals surface area contributed by atoms with E-state index in [2.05, 4.69) is 27.9 Å². The minimum absolute atomic E-state index is 0.216. The number of esters is 1. The average molecular weight is 449 g/mol. The normalized spacial score (nSPS) is 15.9. The van der Waals surface area contributed by atoms with E-state index < -0.39 is 5.97 Å². The molecule has 1 amide bonds. The maximum Gasteiger partial charge on any atom is 0.308 e. The number of thiocarbonyl (C=S) groups is 1. The van der Waals surface area contributed by atoms with E-state index in [1.165, 1.54) is 18.7 Å². The summed E-state index contributed by atoms with van der Waals surface area (Å²) in [5, 5.41) is 2.56. The van der Waals surface area contributed by atoms with Gasteiger partial charge in [0.2, 0.25) is 0 Å². The Labute approximate surface area is 150 Å². The number of hydrogen-bond donors (Lipinski definition) is 1. The van der Waals surface area contributed by atoms with E-state index in [4.69, 9.17) is 21.7 Å². The fourth-order valence-electron chi connectivity index (χ4n) is 1.75. The number of hydrogen-bond acceptors (Lipinski definition) is 6. The number of halogens is 1. The van der Waals surface area contributed by atoms with E-state index in [9.17, 15) is 9.59 Å². The summed E-state index contributed by atoms with van der Waals surface area (Å²) >= 11 is 8.23. The topological polar surface area (TPSA) is 64.6 Å². The summed E-state index contributed by atoms with van der Waals surface area (Å²) in [6.45, 7) is 3.61. The molecule has 1 saturated heterocycles. The van der Waals surface area contributed by atoms with Crippen molar-refractivity contribution in [3.05, 3.63) is 26.2 Å². The van der Waals surface area contributed by atoms with Crippen LogP contribution in [0.5, 0.6) is 11.5 Å². The van der Waals surface area contributed by atoms with Crippen molar-refractivity contribution in [3.63, 3.8) is 0 Å². The molecule has 0 aliphatic carbocycles. The number of rotatable bonds is 4. The summed E-state index contributed by atoms with van der Waals surface area (Å²) in [5.74, 6) is 0.214. The molecule has 2 rings (SSSR count). The molecule has 8 heteroatoms. The third-order valence-corrected chi connectivity index (χ3v) is 4.48. The van der Waals surface area contributed by atoms with Gasteiger partial charge in [-0.2, -0.15) is 0 Å². The first-order chi connectivity index (χ1) is 10.4. The molecule has 0 aromatic heterocycles. The molecule has 1 aliphatic heterocycles. The van der Waals surface area contributed by atoms with Crippen LogP contribution in [0.2, 0.25) is 0 Å². The quantitative estimate of drug-likeness (QED) is 0.251. The van der Waals surface area contributed by atoms with E-state index in [0.717, 1.165) is 9.13 Å². The molecule has 0 spiro atoms. The second kappa shape index (κ2) is 7.42. The highest BCUT2D eigenvalue weighted by atomic mass is 127. The number of nitrogens with one attached hydrogen (secondary N) is 1. The summed E-state index contributed by atoms with van der Waals surface area (Å²) in [5.41, 5.74) is 0.770. The highest BCUT2D eigenvalue weighted by molar-refractivity contribution is 14.1. The van der Waals surface area contributed by atoms with Crippen molar-refractivity contribution in [1.82, 2.24) is 5.32 Å². The van der Waals surface area contributed by atoms with Gasteiger partial charge in [-0.3, -0.25) is 9.59 Å². The van der Waals surface area contributed by atoms with Gasteiger partial charge < -0.3 is 14.8 Å². The highest BCUT2D eigenvalue weighted by Gasteiger charge is 2.22. The SMILES string of the molecule is CCOc1cc(C=C2SC(=S)NC2=O)cc(I)c1OC(C)=O. The number of ether oxygens (including phenoxy) is 2. The van der Waals surface area contributed by atoms with Crippen LogP contribution in [0.4, 0.5) is 0 Å². The first kappa shape index (κ1) is 17.2. The molecule has 1 N–H and O–H groups in total. The lowest BCUT2D eigenvalue weighted by Gasteiger charge is -2.12. The molecular formula is C14H12INO4S2. The summed E-state index contributed by atoms with van der Waals surface area (Å²) in [6, 6.07) is 3.54. The fourth-order valence-corrected chi connectivity index (χ4v) is 3.53. The zero-order valence-corrected chi connectivity index (χ0v) is 15.6. The molecule has 0 atom stereocenters. The molecule has 1 aliphatic rings. The van der Waals surface area contributed by atoms with Gasteiger partial charge in [-0.25, -0.2) is 0 Å². The number of thioether (sulfide) groups is 1. The third-order valence-electron chi connectivity index (χ3n) is 2.52. The Morgan fingerprint density at radius 3 is 2.77 bits per heavy atom. The monoisotopic (exact) mass is 449 g/mol. The van der Waals surface area contributed by atoms with Crippen molar-refractivity contribution in [2.75, 3.05) is 6.61 Å². The van der Waals surface area contributed by atoms with Gasteiger partial charge in [0, 0.05) is 6.92 Å². The van der Waals surface area contributed by atoms with Crippen LogP contribution < -0.4 is 14.8 Å². The third kappa shape index (κ3) is 4.20. The first-order valence-electron chi connectivity index (χ1n) is 6.30. The molecule has 1 aromatic rings. The van der Waals surface area contributed by atoms with E-state index in [1.807, 2.05) is 13.0 Å². The van der Waals surface area contributed by atoms with Gasteiger partial charge in [-0.15, -0.1) is 0 Å². The van der Waals surface area contributed by atoms with Crippen molar-refractivity contribution >= 4 is 68.8 Å². The number of carbonyl (C=O) groups excluding carboxylic acids is 2. The molecule has 1 aromatic carbocycles. The molecule has 22 heavy (non-hydrogen) atoms. The van der Waals surface area contributed by atoms with Gasteiger partial charge in [-0.05, 0) is 53.3 Å². The Morgan fingerprint density at radius 2 is 2.23 bits per heavy atom. The van der Waals surface area contributed by atoms with Crippen molar-refractivity contribution in [2.24, 2.45) is 0 Å². The van der Waals surface area contributed by atoms with Gasteiger partial charge in [0.15, 0.2) is 11.5 Å². The van der Waals surface area contributed by atoms with Crippen LogP contribution in [0.15, 0.2) is 17.0 Å².